The fourth-order valence-corrected chi connectivity index (χ4v) is 3.49. The van der Waals surface area contributed by atoms with E-state index in [1.165, 1.54) is 11.3 Å². The van der Waals surface area contributed by atoms with Gasteiger partial charge >= 0.3 is 0 Å². The minimum atomic E-state index is 0.434. The Morgan fingerprint density at radius 1 is 1.38 bits per heavy atom. The van der Waals surface area contributed by atoms with Gasteiger partial charge in [0.25, 0.3) is 0 Å². The molecule has 0 unspecified atom stereocenters. The number of hydrogen-bond donors (Lipinski definition) is 0. The van der Waals surface area contributed by atoms with Gasteiger partial charge in [-0.1, -0.05) is 0 Å². The standard InChI is InChI=1S/C11H13N3OS/c12-5-10-9-6-16-7-11(9)14(13-10)8-1-3-15-4-2-8/h8H,1-4,6-7H2. The zero-order valence-electron chi connectivity index (χ0n) is 8.98. The number of aromatic nitrogens is 2. The molecule has 1 aromatic rings. The zero-order chi connectivity index (χ0) is 11.0. The summed E-state index contributed by atoms with van der Waals surface area (Å²) in [7, 11) is 0. The van der Waals surface area contributed by atoms with Crippen molar-refractivity contribution in [3.63, 3.8) is 0 Å². The Morgan fingerprint density at radius 2 is 2.19 bits per heavy atom. The Balaban J connectivity index is 1.98. The quantitative estimate of drug-likeness (QED) is 0.745. The molecule has 84 valence electrons. The first-order valence-electron chi connectivity index (χ1n) is 5.56. The number of hydrogen-bond acceptors (Lipinski definition) is 4. The molecule has 16 heavy (non-hydrogen) atoms. The Bertz CT molecular complexity index is 443. The number of ether oxygens (including phenoxy) is 1. The topological polar surface area (TPSA) is 50.8 Å². The highest BCUT2D eigenvalue weighted by molar-refractivity contribution is 7.98. The molecule has 2 aliphatic rings. The van der Waals surface area contributed by atoms with Gasteiger partial charge in [0.2, 0.25) is 0 Å². The molecule has 0 aliphatic carbocycles. The fourth-order valence-electron chi connectivity index (χ4n) is 2.38. The smallest absolute Gasteiger partial charge is 0.166 e. The van der Waals surface area contributed by atoms with Crippen LogP contribution in [0.4, 0.5) is 0 Å². The van der Waals surface area contributed by atoms with E-state index in [9.17, 15) is 0 Å². The summed E-state index contributed by atoms with van der Waals surface area (Å²) in [4.78, 5) is 0. The molecular weight excluding hydrogens is 222 g/mol. The summed E-state index contributed by atoms with van der Waals surface area (Å²) in [6.45, 7) is 1.63. The second kappa shape index (κ2) is 4.11. The molecule has 0 atom stereocenters. The molecule has 0 amide bonds. The first-order valence-corrected chi connectivity index (χ1v) is 6.71. The van der Waals surface area contributed by atoms with Crippen LogP contribution in [0.2, 0.25) is 0 Å². The van der Waals surface area contributed by atoms with Crippen LogP contribution in [-0.4, -0.2) is 23.0 Å². The summed E-state index contributed by atoms with van der Waals surface area (Å²) in [6, 6.07) is 2.64. The maximum atomic E-state index is 9.05. The van der Waals surface area contributed by atoms with E-state index in [-0.39, 0.29) is 0 Å². The Morgan fingerprint density at radius 3 is 2.94 bits per heavy atom. The first-order chi connectivity index (χ1) is 7.90. The van der Waals surface area contributed by atoms with Crippen LogP contribution in [0.5, 0.6) is 0 Å². The van der Waals surface area contributed by atoms with Crippen LogP contribution in [0.15, 0.2) is 0 Å². The Labute approximate surface area is 98.6 Å². The fraction of sp³-hybridized carbons (Fsp3) is 0.636. The number of nitrogens with zero attached hydrogens (tertiary/aromatic N) is 3. The minimum Gasteiger partial charge on any atom is -0.381 e. The predicted molar refractivity (Wildman–Crippen MR) is 61.0 cm³/mol. The molecule has 0 saturated carbocycles. The second-order valence-electron chi connectivity index (χ2n) is 4.17. The van der Waals surface area contributed by atoms with E-state index in [0.717, 1.165) is 37.6 Å². The molecule has 1 aromatic heterocycles. The highest BCUT2D eigenvalue weighted by Gasteiger charge is 2.27. The van der Waals surface area contributed by atoms with E-state index >= 15 is 0 Å². The van der Waals surface area contributed by atoms with E-state index < -0.39 is 0 Å². The lowest BCUT2D eigenvalue weighted by molar-refractivity contribution is 0.0656. The molecule has 0 spiro atoms. The molecule has 1 fully saturated rings. The maximum Gasteiger partial charge on any atom is 0.166 e. The van der Waals surface area contributed by atoms with E-state index in [1.807, 2.05) is 11.8 Å². The van der Waals surface area contributed by atoms with Gasteiger partial charge in [-0.25, -0.2) is 0 Å². The van der Waals surface area contributed by atoms with Gasteiger partial charge in [-0.3, -0.25) is 4.68 Å². The second-order valence-corrected chi connectivity index (χ2v) is 5.15. The van der Waals surface area contributed by atoms with Crippen LogP contribution in [0.25, 0.3) is 0 Å². The van der Waals surface area contributed by atoms with Crippen molar-refractivity contribution >= 4 is 11.8 Å². The average molecular weight is 235 g/mol. The van der Waals surface area contributed by atoms with E-state index in [1.54, 1.807) is 0 Å². The molecule has 0 N–H and O–H groups in total. The maximum absolute atomic E-state index is 9.05. The summed E-state index contributed by atoms with van der Waals surface area (Å²) in [5, 5.41) is 13.5. The lowest BCUT2D eigenvalue weighted by Gasteiger charge is -2.23. The third-order valence-corrected chi connectivity index (χ3v) is 4.22. The normalized spacial score (nSPS) is 20.7. The van der Waals surface area contributed by atoms with Crippen LogP contribution >= 0.6 is 11.8 Å². The summed E-state index contributed by atoms with van der Waals surface area (Å²) >= 11 is 1.87. The predicted octanol–water partition coefficient (Wildman–Crippen LogP) is 1.85. The van der Waals surface area contributed by atoms with Crippen LogP contribution in [0.1, 0.15) is 35.8 Å². The van der Waals surface area contributed by atoms with Crippen molar-refractivity contribution in [2.24, 2.45) is 0 Å². The molecule has 0 aromatic carbocycles. The minimum absolute atomic E-state index is 0.434. The molecule has 3 rings (SSSR count). The van der Waals surface area contributed by atoms with Crippen molar-refractivity contribution in [3.05, 3.63) is 17.0 Å². The summed E-state index contributed by atoms with van der Waals surface area (Å²) in [5.41, 5.74) is 3.07. The lowest BCUT2D eigenvalue weighted by atomic mass is 10.1. The molecule has 5 heteroatoms. The molecular formula is C11H13N3OS. The molecule has 4 nitrogen and oxygen atoms in total. The molecule has 0 bridgehead atoms. The van der Waals surface area contributed by atoms with Crippen molar-refractivity contribution in [2.45, 2.75) is 30.4 Å². The third kappa shape index (κ3) is 1.53. The van der Waals surface area contributed by atoms with Gasteiger partial charge in [-0.2, -0.15) is 22.1 Å². The highest BCUT2D eigenvalue weighted by Crippen LogP contribution is 2.35. The Kier molecular flexibility index (Phi) is 2.62. The van der Waals surface area contributed by atoms with Crippen LogP contribution in [0, 0.1) is 11.3 Å². The number of fused-ring (bicyclic) bond motifs is 1. The van der Waals surface area contributed by atoms with E-state index in [4.69, 9.17) is 10.00 Å². The van der Waals surface area contributed by atoms with Gasteiger partial charge in [0.15, 0.2) is 5.69 Å². The summed E-state index contributed by atoms with van der Waals surface area (Å²) < 4.78 is 7.46. The van der Waals surface area contributed by atoms with Gasteiger partial charge in [0.1, 0.15) is 6.07 Å². The van der Waals surface area contributed by atoms with Crippen molar-refractivity contribution in [1.82, 2.24) is 9.78 Å². The third-order valence-electron chi connectivity index (χ3n) is 3.25. The molecule has 2 aliphatic heterocycles. The SMILES string of the molecule is N#Cc1nn(C2CCOCC2)c2c1CSC2. The first kappa shape index (κ1) is 10.2. The number of nitriles is 1. The number of thioether (sulfide) groups is 1. The zero-order valence-corrected chi connectivity index (χ0v) is 9.79. The van der Waals surface area contributed by atoms with Crippen molar-refractivity contribution in [1.29, 1.82) is 5.26 Å². The largest absolute Gasteiger partial charge is 0.381 e. The van der Waals surface area contributed by atoms with Crippen molar-refractivity contribution in [3.8, 4) is 6.07 Å². The van der Waals surface area contributed by atoms with E-state index in [0.29, 0.717) is 11.7 Å². The van der Waals surface area contributed by atoms with E-state index in [2.05, 4.69) is 15.8 Å². The van der Waals surface area contributed by atoms with Gasteiger partial charge in [-0.15, -0.1) is 0 Å². The monoisotopic (exact) mass is 235 g/mol. The van der Waals surface area contributed by atoms with Gasteiger partial charge in [0.05, 0.1) is 11.7 Å². The highest BCUT2D eigenvalue weighted by atomic mass is 32.2. The molecule has 1 saturated heterocycles. The van der Waals surface area contributed by atoms with Crippen LogP contribution < -0.4 is 0 Å². The van der Waals surface area contributed by atoms with Crippen LogP contribution in [0.3, 0.4) is 0 Å². The average Bonchev–Trinajstić information content (AvgIpc) is 2.91. The number of rotatable bonds is 1. The van der Waals surface area contributed by atoms with Gasteiger partial charge < -0.3 is 4.74 Å². The lowest BCUT2D eigenvalue weighted by Crippen LogP contribution is -2.21. The van der Waals surface area contributed by atoms with Crippen molar-refractivity contribution < 1.29 is 4.74 Å². The van der Waals surface area contributed by atoms with Crippen molar-refractivity contribution in [2.75, 3.05) is 13.2 Å². The summed E-state index contributed by atoms with van der Waals surface area (Å²) in [6.07, 6.45) is 2.04. The van der Waals surface area contributed by atoms with Crippen LogP contribution in [-0.2, 0) is 16.2 Å². The van der Waals surface area contributed by atoms with Gasteiger partial charge in [0, 0.05) is 30.3 Å². The molecule has 3 heterocycles. The molecule has 0 radical (unpaired) electrons. The van der Waals surface area contributed by atoms with Gasteiger partial charge in [-0.05, 0) is 12.8 Å². The summed E-state index contributed by atoms with van der Waals surface area (Å²) in [5.74, 6) is 1.95. The Hall–Kier alpha value is -0.990.